The van der Waals surface area contributed by atoms with Gasteiger partial charge in [0, 0.05) is 10.6 Å². The van der Waals surface area contributed by atoms with E-state index in [-0.39, 0.29) is 6.42 Å². The number of carboxylic acids is 1. The fraction of sp³-hybridized carbons (Fsp3) is 0.133. The van der Waals surface area contributed by atoms with Crippen LogP contribution in [0.3, 0.4) is 0 Å². The number of rotatable bonds is 4. The fourth-order valence-corrected chi connectivity index (χ4v) is 2.19. The van der Waals surface area contributed by atoms with Crippen molar-refractivity contribution in [1.82, 2.24) is 0 Å². The average Bonchev–Trinajstić information content (AvgIpc) is 2.34. The van der Waals surface area contributed by atoms with Crippen molar-refractivity contribution in [2.75, 3.05) is 5.32 Å². The summed E-state index contributed by atoms with van der Waals surface area (Å²) in [7, 11) is 0. The van der Waals surface area contributed by atoms with Crippen LogP contribution in [0, 0.1) is 6.92 Å². The number of thiol groups is 1. The Kier molecular flexibility index (Phi) is 4.12. The second-order valence-corrected chi connectivity index (χ2v) is 4.86. The van der Waals surface area contributed by atoms with Gasteiger partial charge in [-0.25, -0.2) is 0 Å². The molecule has 0 atom stereocenters. The Morgan fingerprint density at radius 3 is 2.63 bits per heavy atom. The summed E-state index contributed by atoms with van der Waals surface area (Å²) >= 11 is 4.42. The molecular weight excluding hydrogens is 258 g/mol. The summed E-state index contributed by atoms with van der Waals surface area (Å²) in [6, 6.07) is 13.3. The molecule has 19 heavy (non-hydrogen) atoms. The standard InChI is InChI=1S/C15H15NO2S/c1-10-6-7-13(14(19)8-10)16-12-5-3-2-4-11(12)9-15(17)18/h2-8,16,19H,9H2,1H3,(H,17,18). The van der Waals surface area contributed by atoms with Crippen molar-refractivity contribution in [3.05, 3.63) is 53.6 Å². The molecule has 0 spiro atoms. The van der Waals surface area contributed by atoms with E-state index in [0.29, 0.717) is 0 Å². The summed E-state index contributed by atoms with van der Waals surface area (Å²) in [6.45, 7) is 2.00. The molecule has 0 bridgehead atoms. The lowest BCUT2D eigenvalue weighted by atomic mass is 10.1. The van der Waals surface area contributed by atoms with Crippen molar-refractivity contribution in [2.24, 2.45) is 0 Å². The molecule has 2 aromatic carbocycles. The van der Waals surface area contributed by atoms with Crippen LogP contribution in [0.25, 0.3) is 0 Å². The van der Waals surface area contributed by atoms with Gasteiger partial charge in [-0.15, -0.1) is 12.6 Å². The number of aliphatic carboxylic acids is 1. The molecule has 2 rings (SSSR count). The molecule has 0 aliphatic heterocycles. The van der Waals surface area contributed by atoms with E-state index in [9.17, 15) is 4.79 Å². The van der Waals surface area contributed by atoms with E-state index in [0.717, 1.165) is 27.4 Å². The Bertz CT molecular complexity index is 611. The molecule has 2 N–H and O–H groups in total. The van der Waals surface area contributed by atoms with Gasteiger partial charge in [-0.1, -0.05) is 24.3 Å². The van der Waals surface area contributed by atoms with Crippen LogP contribution >= 0.6 is 12.6 Å². The number of carbonyl (C=O) groups is 1. The van der Waals surface area contributed by atoms with Gasteiger partial charge >= 0.3 is 5.97 Å². The molecule has 0 radical (unpaired) electrons. The van der Waals surface area contributed by atoms with Gasteiger partial charge in [0.15, 0.2) is 0 Å². The summed E-state index contributed by atoms with van der Waals surface area (Å²) in [5.41, 5.74) is 3.55. The van der Waals surface area contributed by atoms with Gasteiger partial charge in [-0.2, -0.15) is 0 Å². The van der Waals surface area contributed by atoms with E-state index >= 15 is 0 Å². The number of nitrogens with one attached hydrogen (secondary N) is 1. The third kappa shape index (κ3) is 3.51. The predicted octanol–water partition coefficient (Wildman–Crippen LogP) is 3.65. The monoisotopic (exact) mass is 273 g/mol. The first kappa shape index (κ1) is 13.5. The van der Waals surface area contributed by atoms with Crippen LogP contribution in [0.2, 0.25) is 0 Å². The normalized spacial score (nSPS) is 10.2. The molecule has 2 aromatic rings. The first-order valence-corrected chi connectivity index (χ1v) is 6.37. The topological polar surface area (TPSA) is 49.3 Å². The van der Waals surface area contributed by atoms with E-state index in [1.54, 1.807) is 0 Å². The zero-order valence-electron chi connectivity index (χ0n) is 10.6. The smallest absolute Gasteiger partial charge is 0.307 e. The van der Waals surface area contributed by atoms with Gasteiger partial charge in [0.25, 0.3) is 0 Å². The van der Waals surface area contributed by atoms with Gasteiger partial charge in [0.05, 0.1) is 12.1 Å². The van der Waals surface area contributed by atoms with Crippen molar-refractivity contribution in [2.45, 2.75) is 18.2 Å². The molecule has 4 heteroatoms. The summed E-state index contributed by atoms with van der Waals surface area (Å²) in [4.78, 5) is 11.7. The Balaban J connectivity index is 2.30. The maximum atomic E-state index is 10.8. The Hall–Kier alpha value is -1.94. The first-order valence-electron chi connectivity index (χ1n) is 5.92. The van der Waals surface area contributed by atoms with Gasteiger partial charge in [-0.05, 0) is 36.2 Å². The maximum absolute atomic E-state index is 10.8. The van der Waals surface area contributed by atoms with E-state index in [1.165, 1.54) is 0 Å². The Morgan fingerprint density at radius 2 is 1.95 bits per heavy atom. The lowest BCUT2D eigenvalue weighted by Crippen LogP contribution is -2.03. The van der Waals surface area contributed by atoms with Gasteiger partial charge in [0.2, 0.25) is 0 Å². The zero-order chi connectivity index (χ0) is 13.8. The minimum absolute atomic E-state index is 0.00304. The molecule has 0 saturated heterocycles. The minimum Gasteiger partial charge on any atom is -0.481 e. The molecule has 0 amide bonds. The molecule has 3 nitrogen and oxygen atoms in total. The second-order valence-electron chi connectivity index (χ2n) is 4.37. The number of benzene rings is 2. The Morgan fingerprint density at radius 1 is 1.21 bits per heavy atom. The number of carboxylic acid groups (broad SMARTS) is 1. The number of hydrogen-bond acceptors (Lipinski definition) is 3. The van der Waals surface area contributed by atoms with E-state index in [1.807, 2.05) is 49.4 Å². The van der Waals surface area contributed by atoms with Gasteiger partial charge in [-0.3, -0.25) is 4.79 Å². The van der Waals surface area contributed by atoms with Crippen molar-refractivity contribution in [3.8, 4) is 0 Å². The SMILES string of the molecule is Cc1ccc(Nc2ccccc2CC(=O)O)c(S)c1. The van der Waals surface area contributed by atoms with Crippen LogP contribution in [-0.4, -0.2) is 11.1 Å². The Labute approximate surface area is 117 Å². The van der Waals surface area contributed by atoms with Crippen LogP contribution in [0.1, 0.15) is 11.1 Å². The number of para-hydroxylation sites is 1. The van der Waals surface area contributed by atoms with Crippen molar-refractivity contribution < 1.29 is 9.90 Å². The number of aryl methyl sites for hydroxylation is 1. The fourth-order valence-electron chi connectivity index (χ4n) is 1.85. The molecule has 0 fully saturated rings. The summed E-state index contributed by atoms with van der Waals surface area (Å²) in [5, 5.41) is 12.1. The molecule has 0 unspecified atom stereocenters. The van der Waals surface area contributed by atoms with Crippen molar-refractivity contribution >= 4 is 30.0 Å². The summed E-state index contributed by atoms with van der Waals surface area (Å²) in [6.07, 6.45) is -0.00304. The average molecular weight is 273 g/mol. The lowest BCUT2D eigenvalue weighted by molar-refractivity contribution is -0.136. The first-order chi connectivity index (χ1) is 9.06. The molecule has 0 aliphatic rings. The summed E-state index contributed by atoms with van der Waals surface area (Å²) in [5.74, 6) is -0.843. The molecule has 0 heterocycles. The molecule has 0 saturated carbocycles. The highest BCUT2D eigenvalue weighted by molar-refractivity contribution is 7.80. The van der Waals surface area contributed by atoms with Gasteiger partial charge in [0.1, 0.15) is 0 Å². The highest BCUT2D eigenvalue weighted by atomic mass is 32.1. The highest BCUT2D eigenvalue weighted by Crippen LogP contribution is 2.27. The predicted molar refractivity (Wildman–Crippen MR) is 79.5 cm³/mol. The molecule has 98 valence electrons. The molecule has 0 aromatic heterocycles. The quantitative estimate of drug-likeness (QED) is 0.745. The molecule has 0 aliphatic carbocycles. The lowest BCUT2D eigenvalue weighted by Gasteiger charge is -2.13. The summed E-state index contributed by atoms with van der Waals surface area (Å²) < 4.78 is 0. The van der Waals surface area contributed by atoms with Crippen molar-refractivity contribution in [1.29, 1.82) is 0 Å². The van der Waals surface area contributed by atoms with Crippen LogP contribution in [0.15, 0.2) is 47.4 Å². The third-order valence-corrected chi connectivity index (χ3v) is 3.15. The maximum Gasteiger partial charge on any atom is 0.307 e. The highest BCUT2D eigenvalue weighted by Gasteiger charge is 2.07. The van der Waals surface area contributed by atoms with Gasteiger partial charge < -0.3 is 10.4 Å². The minimum atomic E-state index is -0.843. The number of hydrogen-bond donors (Lipinski definition) is 3. The van der Waals surface area contributed by atoms with Crippen LogP contribution in [0.5, 0.6) is 0 Å². The largest absolute Gasteiger partial charge is 0.481 e. The zero-order valence-corrected chi connectivity index (χ0v) is 11.4. The van der Waals surface area contributed by atoms with Crippen LogP contribution < -0.4 is 5.32 Å². The van der Waals surface area contributed by atoms with E-state index in [2.05, 4.69) is 17.9 Å². The third-order valence-electron chi connectivity index (χ3n) is 2.78. The van der Waals surface area contributed by atoms with E-state index in [4.69, 9.17) is 5.11 Å². The van der Waals surface area contributed by atoms with E-state index < -0.39 is 5.97 Å². The van der Waals surface area contributed by atoms with Crippen LogP contribution in [0.4, 0.5) is 11.4 Å². The van der Waals surface area contributed by atoms with Crippen molar-refractivity contribution in [3.63, 3.8) is 0 Å². The van der Waals surface area contributed by atoms with Crippen LogP contribution in [-0.2, 0) is 11.2 Å². The number of anilines is 2. The second kappa shape index (κ2) is 5.80. The molecular formula is C15H15NO2S.